The number of fused-ring (bicyclic) bond motifs is 1. The maximum Gasteiger partial charge on any atom is 0.307 e. The first-order valence-corrected chi connectivity index (χ1v) is 13.2. The number of carbonyl (C=O) groups excluding carboxylic acids is 2. The third-order valence-corrected chi connectivity index (χ3v) is 6.84. The van der Waals surface area contributed by atoms with Crippen LogP contribution in [0.1, 0.15) is 21.7 Å². The predicted octanol–water partition coefficient (Wildman–Crippen LogP) is 6.82. The summed E-state index contributed by atoms with van der Waals surface area (Å²) in [5.41, 5.74) is 5.42. The molecule has 0 aliphatic heterocycles. The number of halogens is 3. The van der Waals surface area contributed by atoms with Gasteiger partial charge in [0.15, 0.2) is 23.9 Å². The van der Waals surface area contributed by atoms with E-state index in [9.17, 15) is 9.59 Å². The summed E-state index contributed by atoms with van der Waals surface area (Å²) in [6.07, 6.45) is 1.45. The van der Waals surface area contributed by atoms with Crippen LogP contribution in [0.15, 0.2) is 77.5 Å². The van der Waals surface area contributed by atoms with Crippen molar-refractivity contribution in [2.45, 2.75) is 6.92 Å². The number of carbonyl (C=O) groups is 2. The van der Waals surface area contributed by atoms with Crippen LogP contribution in [-0.4, -0.2) is 31.7 Å². The Labute approximate surface area is 237 Å². The molecule has 3 aromatic carbocycles. The van der Waals surface area contributed by atoms with Crippen molar-refractivity contribution in [3.05, 3.63) is 84.9 Å². The van der Waals surface area contributed by atoms with Crippen LogP contribution in [-0.2, 0) is 4.79 Å². The number of nitrogens with one attached hydrogen (secondary N) is 2. The summed E-state index contributed by atoms with van der Waals surface area (Å²) >= 11 is 10.3. The van der Waals surface area contributed by atoms with Crippen LogP contribution < -0.4 is 20.2 Å². The summed E-state index contributed by atoms with van der Waals surface area (Å²) in [5.74, 6) is 0.0779. The summed E-state index contributed by atoms with van der Waals surface area (Å²) in [5, 5.41) is 7.57. The van der Waals surface area contributed by atoms with Gasteiger partial charge in [-0.1, -0.05) is 33.6 Å². The summed E-state index contributed by atoms with van der Waals surface area (Å²) in [6, 6.07) is 16.1. The minimum atomic E-state index is -0.502. The van der Waals surface area contributed by atoms with E-state index in [-0.39, 0.29) is 18.3 Å². The molecule has 4 aromatic rings. The fourth-order valence-electron chi connectivity index (χ4n) is 3.30. The molecule has 8 nitrogen and oxygen atoms in total. The van der Waals surface area contributed by atoms with Gasteiger partial charge in [0, 0.05) is 25.6 Å². The van der Waals surface area contributed by atoms with Crippen molar-refractivity contribution in [2.75, 3.05) is 19.0 Å². The van der Waals surface area contributed by atoms with Crippen molar-refractivity contribution in [3.63, 3.8) is 0 Å². The number of aryl methyl sites for hydroxylation is 1. The van der Waals surface area contributed by atoms with E-state index in [4.69, 9.17) is 13.9 Å². The van der Waals surface area contributed by atoms with Crippen molar-refractivity contribution in [1.29, 1.82) is 0 Å². The minimum Gasteiger partial charge on any atom is -0.493 e. The first-order chi connectivity index (χ1) is 17.7. The zero-order valence-electron chi connectivity index (χ0n) is 19.6. The van der Waals surface area contributed by atoms with Crippen LogP contribution in [0.3, 0.4) is 0 Å². The van der Waals surface area contributed by atoms with E-state index in [2.05, 4.69) is 63.6 Å². The molecule has 1 heterocycles. The number of methoxy groups -OCH3 is 1. The summed E-state index contributed by atoms with van der Waals surface area (Å²) < 4.78 is 18.9. The second-order valence-corrected chi connectivity index (χ2v) is 10.5. The van der Waals surface area contributed by atoms with E-state index in [1.54, 1.807) is 18.2 Å². The molecule has 0 saturated heterocycles. The van der Waals surface area contributed by atoms with Crippen LogP contribution in [0, 0.1) is 6.92 Å². The molecule has 0 saturated carbocycles. The summed E-state index contributed by atoms with van der Waals surface area (Å²) in [4.78, 5) is 24.8. The van der Waals surface area contributed by atoms with E-state index < -0.39 is 5.91 Å². The monoisotopic (exact) mass is 691 g/mol. The maximum absolute atomic E-state index is 12.5. The Balaban J connectivity index is 1.40. The van der Waals surface area contributed by atoms with Crippen molar-refractivity contribution >= 4 is 82.5 Å². The first-order valence-electron chi connectivity index (χ1n) is 10.8. The van der Waals surface area contributed by atoms with Crippen molar-refractivity contribution in [1.82, 2.24) is 5.43 Å². The number of hydrogen-bond donors (Lipinski definition) is 2. The van der Waals surface area contributed by atoms with Crippen molar-refractivity contribution in [3.8, 4) is 11.5 Å². The highest BCUT2D eigenvalue weighted by atomic mass is 79.9. The standard InChI is InChI=1S/C26H20Br3N3O5/c1-14-3-5-18(6-4-14)31-24(33)13-36-22-11-19(28)16(9-21(22)35-2)12-30-32-26(34)23-8-15-7-17(27)10-20(29)25(15)37-23/h3-12H,13H2,1-2H3,(H,31,33)(H,32,34)/b30-12-. The van der Waals surface area contributed by atoms with Crippen LogP contribution in [0.25, 0.3) is 11.0 Å². The third-order valence-electron chi connectivity index (χ3n) is 5.11. The zero-order chi connectivity index (χ0) is 26.5. The SMILES string of the molecule is COc1cc(/C=N\NC(=O)c2cc3cc(Br)cc(Br)c3o2)c(Br)cc1OCC(=O)Nc1ccc(C)cc1. The zero-order valence-corrected chi connectivity index (χ0v) is 24.4. The number of rotatable bonds is 8. The molecule has 0 bridgehead atoms. The van der Waals surface area contributed by atoms with E-state index >= 15 is 0 Å². The predicted molar refractivity (Wildman–Crippen MR) is 153 cm³/mol. The highest BCUT2D eigenvalue weighted by molar-refractivity contribution is 9.11. The highest BCUT2D eigenvalue weighted by Gasteiger charge is 2.15. The number of hydrazone groups is 1. The number of ether oxygens (including phenoxy) is 2. The molecule has 190 valence electrons. The normalized spacial score (nSPS) is 11.1. The second-order valence-electron chi connectivity index (χ2n) is 7.84. The van der Waals surface area contributed by atoms with Gasteiger partial charge in [-0.25, -0.2) is 5.43 Å². The van der Waals surface area contributed by atoms with E-state index in [0.29, 0.717) is 32.8 Å². The van der Waals surface area contributed by atoms with Crippen LogP contribution in [0.5, 0.6) is 11.5 Å². The summed E-state index contributed by atoms with van der Waals surface area (Å²) in [6.45, 7) is 1.77. The van der Waals surface area contributed by atoms with E-state index in [1.165, 1.54) is 13.3 Å². The molecule has 0 radical (unpaired) electrons. The molecule has 11 heteroatoms. The first kappa shape index (κ1) is 26.9. The summed E-state index contributed by atoms with van der Waals surface area (Å²) in [7, 11) is 1.49. The quantitative estimate of drug-likeness (QED) is 0.156. The molecule has 37 heavy (non-hydrogen) atoms. The Morgan fingerprint density at radius 2 is 1.76 bits per heavy atom. The number of nitrogens with zero attached hydrogens (tertiary/aromatic N) is 1. The van der Waals surface area contributed by atoms with Gasteiger partial charge in [0.05, 0.1) is 17.8 Å². The minimum absolute atomic E-state index is 0.121. The molecule has 0 unspecified atom stereocenters. The van der Waals surface area contributed by atoms with Gasteiger partial charge in [-0.2, -0.15) is 5.10 Å². The molecule has 4 rings (SSSR count). The lowest BCUT2D eigenvalue weighted by atomic mass is 10.2. The van der Waals surface area contributed by atoms with Gasteiger partial charge in [0.2, 0.25) is 0 Å². The average molecular weight is 694 g/mol. The molecule has 0 spiro atoms. The van der Waals surface area contributed by atoms with Crippen molar-refractivity contribution < 1.29 is 23.5 Å². The Morgan fingerprint density at radius 3 is 2.49 bits per heavy atom. The van der Waals surface area contributed by atoms with Gasteiger partial charge in [0.1, 0.15) is 5.58 Å². The molecular weight excluding hydrogens is 674 g/mol. The number of amides is 2. The number of anilines is 1. The Hall–Kier alpha value is -3.15. The van der Waals surface area contributed by atoms with Crippen LogP contribution >= 0.6 is 47.8 Å². The second kappa shape index (κ2) is 11.9. The molecular formula is C26H20Br3N3O5. The maximum atomic E-state index is 12.5. The number of furan rings is 1. The molecule has 0 atom stereocenters. The number of benzene rings is 3. The van der Waals surface area contributed by atoms with Crippen LogP contribution in [0.4, 0.5) is 5.69 Å². The average Bonchev–Trinajstić information content (AvgIpc) is 3.30. The van der Waals surface area contributed by atoms with Gasteiger partial charge < -0.3 is 19.2 Å². The van der Waals surface area contributed by atoms with Gasteiger partial charge in [-0.05, 0) is 81.2 Å². The molecule has 0 fully saturated rings. The fraction of sp³-hybridized carbons (Fsp3) is 0.115. The van der Waals surface area contributed by atoms with E-state index in [1.807, 2.05) is 43.3 Å². The van der Waals surface area contributed by atoms with Gasteiger partial charge in [-0.3, -0.25) is 9.59 Å². The molecule has 0 aliphatic rings. The lowest BCUT2D eigenvalue weighted by molar-refractivity contribution is -0.118. The van der Waals surface area contributed by atoms with E-state index in [0.717, 1.165) is 19.9 Å². The molecule has 2 N–H and O–H groups in total. The van der Waals surface area contributed by atoms with Crippen LogP contribution in [0.2, 0.25) is 0 Å². The van der Waals surface area contributed by atoms with Crippen molar-refractivity contribution in [2.24, 2.45) is 5.10 Å². The van der Waals surface area contributed by atoms with Gasteiger partial charge in [-0.15, -0.1) is 0 Å². The van der Waals surface area contributed by atoms with Gasteiger partial charge >= 0.3 is 5.91 Å². The topological polar surface area (TPSA) is 102 Å². The molecule has 0 aliphatic carbocycles. The lowest BCUT2D eigenvalue weighted by Crippen LogP contribution is -2.20. The molecule has 1 aromatic heterocycles. The van der Waals surface area contributed by atoms with Gasteiger partial charge in [0.25, 0.3) is 5.91 Å². The third kappa shape index (κ3) is 6.79. The Morgan fingerprint density at radius 1 is 1.00 bits per heavy atom. The lowest BCUT2D eigenvalue weighted by Gasteiger charge is -2.13. The smallest absolute Gasteiger partial charge is 0.307 e. The largest absolute Gasteiger partial charge is 0.493 e. The highest BCUT2D eigenvalue weighted by Crippen LogP contribution is 2.33. The number of hydrogen-bond acceptors (Lipinski definition) is 6. The Kier molecular flexibility index (Phi) is 8.67. The fourth-order valence-corrected chi connectivity index (χ4v) is 5.07. The Bertz CT molecular complexity index is 1500. The molecule has 2 amide bonds.